The van der Waals surface area contributed by atoms with Gasteiger partial charge < -0.3 is 5.32 Å². The molecule has 14 heavy (non-hydrogen) atoms. The Bertz CT molecular complexity index is 286. The van der Waals surface area contributed by atoms with Crippen LogP contribution in [0.1, 0.15) is 19.3 Å². The summed E-state index contributed by atoms with van der Waals surface area (Å²) in [6.45, 7) is 0. The molecule has 82 valence electrons. The number of nitrogens with one attached hydrogen (secondary N) is 1. The molecule has 0 aromatic rings. The van der Waals surface area contributed by atoms with Gasteiger partial charge in [-0.15, -0.1) is 0 Å². The Hall–Kier alpha value is -0.230. The topological polar surface area (TPSA) is 63.2 Å². The SMILES string of the molecule is O=C(CCS)NC1CCS(=O)(=O)CC1. The first-order chi connectivity index (χ1) is 6.53. The van der Waals surface area contributed by atoms with Crippen LogP contribution in [0.3, 0.4) is 0 Å². The summed E-state index contributed by atoms with van der Waals surface area (Å²) in [7, 11) is -2.83. The zero-order valence-electron chi connectivity index (χ0n) is 7.90. The zero-order chi connectivity index (χ0) is 10.6. The van der Waals surface area contributed by atoms with E-state index in [9.17, 15) is 13.2 Å². The predicted molar refractivity (Wildman–Crippen MR) is 58.3 cm³/mol. The molecule has 1 N–H and O–H groups in total. The van der Waals surface area contributed by atoms with E-state index in [1.807, 2.05) is 0 Å². The fraction of sp³-hybridized carbons (Fsp3) is 0.875. The third-order valence-electron chi connectivity index (χ3n) is 2.26. The number of amides is 1. The van der Waals surface area contributed by atoms with Gasteiger partial charge in [-0.25, -0.2) is 8.42 Å². The van der Waals surface area contributed by atoms with Crippen LogP contribution in [0, 0.1) is 0 Å². The quantitative estimate of drug-likeness (QED) is 0.679. The van der Waals surface area contributed by atoms with Crippen molar-refractivity contribution < 1.29 is 13.2 Å². The van der Waals surface area contributed by atoms with Crippen molar-refractivity contribution in [3.8, 4) is 0 Å². The van der Waals surface area contributed by atoms with E-state index >= 15 is 0 Å². The van der Waals surface area contributed by atoms with Gasteiger partial charge in [0.25, 0.3) is 0 Å². The molecule has 0 radical (unpaired) electrons. The number of hydrogen-bond acceptors (Lipinski definition) is 4. The van der Waals surface area contributed by atoms with Crippen molar-refractivity contribution in [1.29, 1.82) is 0 Å². The molecule has 0 bridgehead atoms. The van der Waals surface area contributed by atoms with Crippen LogP contribution in [-0.4, -0.2) is 37.6 Å². The molecule has 0 unspecified atom stereocenters. The average molecular weight is 237 g/mol. The second kappa shape index (κ2) is 5.02. The Labute approximate surface area is 89.8 Å². The van der Waals surface area contributed by atoms with Gasteiger partial charge in [-0.3, -0.25) is 4.79 Å². The van der Waals surface area contributed by atoms with Crippen LogP contribution < -0.4 is 5.32 Å². The highest BCUT2D eigenvalue weighted by Crippen LogP contribution is 2.12. The van der Waals surface area contributed by atoms with Gasteiger partial charge in [-0.1, -0.05) is 0 Å². The zero-order valence-corrected chi connectivity index (χ0v) is 9.61. The summed E-state index contributed by atoms with van der Waals surface area (Å²) in [6, 6.07) is 0.0332. The van der Waals surface area contributed by atoms with E-state index in [1.165, 1.54) is 0 Å². The first-order valence-electron chi connectivity index (χ1n) is 4.64. The lowest BCUT2D eigenvalue weighted by atomic mass is 10.1. The van der Waals surface area contributed by atoms with E-state index < -0.39 is 9.84 Å². The molecule has 0 spiro atoms. The normalized spacial score (nSPS) is 21.8. The minimum atomic E-state index is -2.83. The second-order valence-electron chi connectivity index (χ2n) is 3.47. The van der Waals surface area contributed by atoms with Crippen molar-refractivity contribution in [3.05, 3.63) is 0 Å². The van der Waals surface area contributed by atoms with Crippen LogP contribution in [0.2, 0.25) is 0 Å². The van der Waals surface area contributed by atoms with Gasteiger partial charge in [-0.2, -0.15) is 12.6 Å². The van der Waals surface area contributed by atoms with E-state index in [-0.39, 0.29) is 23.5 Å². The van der Waals surface area contributed by atoms with Crippen LogP contribution in [0.4, 0.5) is 0 Å². The minimum Gasteiger partial charge on any atom is -0.353 e. The predicted octanol–water partition coefficient (Wildman–Crippen LogP) is -0.000300. The second-order valence-corrected chi connectivity index (χ2v) is 6.22. The molecule has 0 atom stereocenters. The smallest absolute Gasteiger partial charge is 0.221 e. The lowest BCUT2D eigenvalue weighted by Gasteiger charge is -2.22. The number of thiol groups is 1. The standard InChI is InChI=1S/C8H15NO3S2/c10-8(1-4-13)9-7-2-5-14(11,12)6-3-7/h7,13H,1-6H2,(H,9,10). The molecule has 1 aliphatic heterocycles. The molecule has 6 heteroatoms. The first-order valence-corrected chi connectivity index (χ1v) is 7.09. The maximum absolute atomic E-state index is 11.2. The van der Waals surface area contributed by atoms with Crippen LogP contribution >= 0.6 is 12.6 Å². The summed E-state index contributed by atoms with van der Waals surface area (Å²) >= 11 is 3.95. The summed E-state index contributed by atoms with van der Waals surface area (Å²) in [5, 5.41) is 2.81. The average Bonchev–Trinajstić information content (AvgIpc) is 2.09. The third kappa shape index (κ3) is 3.88. The van der Waals surface area contributed by atoms with E-state index in [4.69, 9.17) is 0 Å². The molecule has 0 aromatic heterocycles. The Morgan fingerprint density at radius 2 is 1.93 bits per heavy atom. The van der Waals surface area contributed by atoms with Gasteiger partial charge in [0.1, 0.15) is 9.84 Å². The number of sulfone groups is 1. The van der Waals surface area contributed by atoms with E-state index in [2.05, 4.69) is 17.9 Å². The van der Waals surface area contributed by atoms with Crippen LogP contribution in [0.25, 0.3) is 0 Å². The fourth-order valence-corrected chi connectivity index (χ4v) is 3.13. The Morgan fingerprint density at radius 1 is 1.36 bits per heavy atom. The summed E-state index contributed by atoms with van der Waals surface area (Å²) in [6.07, 6.45) is 1.48. The molecule has 1 aliphatic rings. The van der Waals surface area contributed by atoms with E-state index in [0.717, 1.165) is 0 Å². The Kier molecular flexibility index (Phi) is 4.25. The molecular formula is C8H15NO3S2. The summed E-state index contributed by atoms with van der Waals surface area (Å²) in [4.78, 5) is 11.2. The molecule has 1 amide bonds. The van der Waals surface area contributed by atoms with E-state index in [1.54, 1.807) is 0 Å². The maximum Gasteiger partial charge on any atom is 0.221 e. The van der Waals surface area contributed by atoms with Crippen molar-refractivity contribution in [3.63, 3.8) is 0 Å². The molecular weight excluding hydrogens is 222 g/mol. The number of carbonyl (C=O) groups excluding carboxylic acids is 1. The van der Waals surface area contributed by atoms with Crippen molar-refractivity contribution in [2.45, 2.75) is 25.3 Å². The summed E-state index contributed by atoms with van der Waals surface area (Å²) < 4.78 is 22.2. The molecule has 4 nitrogen and oxygen atoms in total. The highest BCUT2D eigenvalue weighted by Gasteiger charge is 2.24. The maximum atomic E-state index is 11.2. The van der Waals surface area contributed by atoms with Gasteiger partial charge in [0.05, 0.1) is 11.5 Å². The van der Waals surface area contributed by atoms with E-state index in [0.29, 0.717) is 25.0 Å². The molecule has 0 aliphatic carbocycles. The van der Waals surface area contributed by atoms with Gasteiger partial charge in [-0.05, 0) is 18.6 Å². The lowest BCUT2D eigenvalue weighted by Crippen LogP contribution is -2.40. The van der Waals surface area contributed by atoms with Crippen molar-refractivity contribution >= 4 is 28.4 Å². The Balaban J connectivity index is 2.32. The van der Waals surface area contributed by atoms with Gasteiger partial charge in [0, 0.05) is 12.5 Å². The molecule has 1 saturated heterocycles. The van der Waals surface area contributed by atoms with Crippen LogP contribution in [-0.2, 0) is 14.6 Å². The number of rotatable bonds is 3. The first kappa shape index (κ1) is 11.8. The van der Waals surface area contributed by atoms with Crippen molar-refractivity contribution in [1.82, 2.24) is 5.32 Å². The summed E-state index contributed by atoms with van der Waals surface area (Å²) in [5.74, 6) is 0.874. The molecule has 1 rings (SSSR count). The van der Waals surface area contributed by atoms with Gasteiger partial charge in [0.15, 0.2) is 0 Å². The fourth-order valence-electron chi connectivity index (χ4n) is 1.44. The van der Waals surface area contributed by atoms with Crippen molar-refractivity contribution in [2.24, 2.45) is 0 Å². The number of carbonyl (C=O) groups is 1. The van der Waals surface area contributed by atoms with Gasteiger partial charge >= 0.3 is 0 Å². The molecule has 1 heterocycles. The monoisotopic (exact) mass is 237 g/mol. The van der Waals surface area contributed by atoms with Crippen LogP contribution in [0.5, 0.6) is 0 Å². The minimum absolute atomic E-state index is 0.0332. The van der Waals surface area contributed by atoms with Gasteiger partial charge in [0.2, 0.25) is 5.91 Å². The number of hydrogen-bond donors (Lipinski definition) is 2. The molecule has 0 saturated carbocycles. The molecule has 0 aromatic carbocycles. The highest BCUT2D eigenvalue weighted by molar-refractivity contribution is 7.91. The lowest BCUT2D eigenvalue weighted by molar-refractivity contribution is -0.121. The largest absolute Gasteiger partial charge is 0.353 e. The Morgan fingerprint density at radius 3 is 2.43 bits per heavy atom. The third-order valence-corrected chi connectivity index (χ3v) is 4.20. The van der Waals surface area contributed by atoms with Crippen LogP contribution in [0.15, 0.2) is 0 Å². The summed E-state index contributed by atoms with van der Waals surface area (Å²) in [5.41, 5.74) is 0. The molecule has 1 fully saturated rings. The van der Waals surface area contributed by atoms with Crippen molar-refractivity contribution in [2.75, 3.05) is 17.3 Å². The highest BCUT2D eigenvalue weighted by atomic mass is 32.2.